The third kappa shape index (κ3) is 6.03. The van der Waals surface area contributed by atoms with Gasteiger partial charge in [-0.05, 0) is 70.6 Å². The highest BCUT2D eigenvalue weighted by Gasteiger charge is 2.25. The highest BCUT2D eigenvalue weighted by molar-refractivity contribution is 9.11. The maximum absolute atomic E-state index is 12.8. The Balaban J connectivity index is 1.36. The molecule has 3 aromatic rings. The predicted octanol–water partition coefficient (Wildman–Crippen LogP) is 5.56. The lowest BCUT2D eigenvalue weighted by Gasteiger charge is -2.36. The van der Waals surface area contributed by atoms with Gasteiger partial charge in [-0.15, -0.1) is 0 Å². The number of carbonyl (C=O) groups is 2. The number of piperazine rings is 1. The molecule has 2 heterocycles. The van der Waals surface area contributed by atoms with Crippen LogP contribution in [-0.2, 0) is 0 Å². The molecule has 2 amide bonds. The second kappa shape index (κ2) is 11.6. The van der Waals surface area contributed by atoms with Crippen molar-refractivity contribution in [2.24, 2.45) is 0 Å². The number of halogens is 3. The summed E-state index contributed by atoms with van der Waals surface area (Å²) >= 11 is 18.7. The van der Waals surface area contributed by atoms with Gasteiger partial charge < -0.3 is 24.3 Å². The van der Waals surface area contributed by atoms with E-state index >= 15 is 0 Å². The Labute approximate surface area is 235 Å². The molecule has 36 heavy (non-hydrogen) atoms. The largest absolute Gasteiger partial charge is 0.495 e. The van der Waals surface area contributed by atoms with Crippen LogP contribution in [-0.4, -0.2) is 55.1 Å². The molecule has 8 nitrogen and oxygen atoms in total. The van der Waals surface area contributed by atoms with Gasteiger partial charge in [-0.3, -0.25) is 14.9 Å². The van der Waals surface area contributed by atoms with Gasteiger partial charge in [-0.25, -0.2) is 0 Å². The van der Waals surface area contributed by atoms with Gasteiger partial charge in [0.25, 0.3) is 11.8 Å². The minimum atomic E-state index is -0.420. The normalized spacial score (nSPS) is 13.3. The number of hydrogen-bond acceptors (Lipinski definition) is 6. The molecule has 1 saturated heterocycles. The van der Waals surface area contributed by atoms with Gasteiger partial charge in [0.2, 0.25) is 0 Å². The van der Waals surface area contributed by atoms with Gasteiger partial charge in [-0.2, -0.15) is 0 Å². The van der Waals surface area contributed by atoms with Gasteiger partial charge >= 0.3 is 0 Å². The number of benzene rings is 2. The molecular weight excluding hydrogens is 636 g/mol. The summed E-state index contributed by atoms with van der Waals surface area (Å²) in [5.74, 6) is 0.201. The van der Waals surface area contributed by atoms with Crippen LogP contribution in [0.2, 0.25) is 5.02 Å². The highest BCUT2D eigenvalue weighted by Crippen LogP contribution is 2.33. The van der Waals surface area contributed by atoms with Crippen LogP contribution in [0.25, 0.3) is 0 Å². The van der Waals surface area contributed by atoms with E-state index in [-0.39, 0.29) is 11.0 Å². The second-order valence-electron chi connectivity index (χ2n) is 7.80. The van der Waals surface area contributed by atoms with E-state index in [1.807, 2.05) is 12.1 Å². The van der Waals surface area contributed by atoms with Crippen LogP contribution < -0.4 is 20.3 Å². The summed E-state index contributed by atoms with van der Waals surface area (Å²) in [5.41, 5.74) is 1.80. The number of amides is 2. The first-order chi connectivity index (χ1) is 17.3. The van der Waals surface area contributed by atoms with Gasteiger partial charge in [-0.1, -0.05) is 27.5 Å². The van der Waals surface area contributed by atoms with E-state index < -0.39 is 5.91 Å². The predicted molar refractivity (Wildman–Crippen MR) is 150 cm³/mol. The number of carbonyl (C=O) groups excluding carboxylic acids is 2. The molecular formula is C24H21Br2ClN4O4S. The smallest absolute Gasteiger partial charge is 0.289 e. The Morgan fingerprint density at radius 1 is 1.11 bits per heavy atom. The highest BCUT2D eigenvalue weighted by atomic mass is 79.9. The van der Waals surface area contributed by atoms with E-state index in [1.165, 1.54) is 13.4 Å². The fourth-order valence-electron chi connectivity index (χ4n) is 3.82. The third-order valence-electron chi connectivity index (χ3n) is 5.53. The first-order valence-electron chi connectivity index (χ1n) is 10.8. The number of thiocarbonyl (C=S) groups is 1. The van der Waals surface area contributed by atoms with Crippen molar-refractivity contribution in [3.05, 3.63) is 74.0 Å². The van der Waals surface area contributed by atoms with E-state index in [4.69, 9.17) is 33.0 Å². The van der Waals surface area contributed by atoms with Crippen LogP contribution in [0.4, 0.5) is 11.4 Å². The molecule has 1 aliphatic rings. The molecule has 0 atom stereocenters. The Kier molecular flexibility index (Phi) is 8.55. The summed E-state index contributed by atoms with van der Waals surface area (Å²) in [6, 6.07) is 12.3. The van der Waals surface area contributed by atoms with Crippen LogP contribution in [0.1, 0.15) is 20.9 Å². The lowest BCUT2D eigenvalue weighted by molar-refractivity contribution is 0.0714. The molecule has 4 rings (SSSR count). The second-order valence-corrected chi connectivity index (χ2v) is 10.4. The van der Waals surface area contributed by atoms with Crippen molar-refractivity contribution in [3.63, 3.8) is 0 Å². The van der Waals surface area contributed by atoms with Crippen LogP contribution >= 0.6 is 55.7 Å². The van der Waals surface area contributed by atoms with Gasteiger partial charge in [0.05, 0.1) is 34.1 Å². The van der Waals surface area contributed by atoms with Crippen LogP contribution in [0.5, 0.6) is 5.75 Å². The van der Waals surface area contributed by atoms with Gasteiger partial charge in [0.1, 0.15) is 5.75 Å². The number of anilines is 2. The molecule has 0 unspecified atom stereocenters. The van der Waals surface area contributed by atoms with E-state index in [0.717, 1.165) is 5.69 Å². The average Bonchev–Trinajstić information content (AvgIpc) is 3.38. The van der Waals surface area contributed by atoms with E-state index in [0.29, 0.717) is 62.9 Å². The Bertz CT molecular complexity index is 1300. The maximum Gasteiger partial charge on any atom is 0.289 e. The first-order valence-corrected chi connectivity index (χ1v) is 13.2. The number of hydrogen-bond donors (Lipinski definition) is 2. The number of furan rings is 1. The molecule has 0 bridgehead atoms. The van der Waals surface area contributed by atoms with E-state index in [9.17, 15) is 9.59 Å². The first kappa shape index (κ1) is 26.5. The number of nitrogens with one attached hydrogen (secondary N) is 2. The minimum Gasteiger partial charge on any atom is -0.495 e. The summed E-state index contributed by atoms with van der Waals surface area (Å²) in [4.78, 5) is 29.1. The fourth-order valence-corrected chi connectivity index (χ4v) is 5.71. The summed E-state index contributed by atoms with van der Waals surface area (Å²) in [6.45, 7) is 2.39. The molecule has 0 saturated carbocycles. The quantitative estimate of drug-likeness (QED) is 0.348. The third-order valence-corrected chi connectivity index (χ3v) is 7.08. The van der Waals surface area contributed by atoms with E-state index in [2.05, 4.69) is 47.4 Å². The van der Waals surface area contributed by atoms with Crippen molar-refractivity contribution >= 4 is 84.0 Å². The molecule has 0 radical (unpaired) electrons. The van der Waals surface area contributed by atoms with Crippen molar-refractivity contribution in [2.75, 3.05) is 43.5 Å². The van der Waals surface area contributed by atoms with Crippen molar-refractivity contribution in [2.45, 2.75) is 0 Å². The molecule has 0 spiro atoms. The van der Waals surface area contributed by atoms with Crippen LogP contribution in [0, 0.1) is 0 Å². The summed E-state index contributed by atoms with van der Waals surface area (Å²) in [6.07, 6.45) is 1.49. The van der Waals surface area contributed by atoms with Crippen molar-refractivity contribution in [1.82, 2.24) is 10.2 Å². The lowest BCUT2D eigenvalue weighted by atomic mass is 10.2. The molecule has 2 aromatic carbocycles. The Morgan fingerprint density at radius 2 is 1.86 bits per heavy atom. The number of nitrogens with zero attached hydrogens (tertiary/aromatic N) is 2. The summed E-state index contributed by atoms with van der Waals surface area (Å²) in [5, 5.41) is 6.29. The summed E-state index contributed by atoms with van der Waals surface area (Å²) < 4.78 is 11.9. The monoisotopic (exact) mass is 654 g/mol. The number of ether oxygens (including phenoxy) is 1. The zero-order chi connectivity index (χ0) is 25.8. The van der Waals surface area contributed by atoms with E-state index in [1.54, 1.807) is 35.2 Å². The van der Waals surface area contributed by atoms with Crippen molar-refractivity contribution in [1.29, 1.82) is 0 Å². The topological polar surface area (TPSA) is 87.0 Å². The average molecular weight is 657 g/mol. The molecule has 188 valence electrons. The van der Waals surface area contributed by atoms with Crippen molar-refractivity contribution in [3.8, 4) is 5.75 Å². The van der Waals surface area contributed by atoms with Gasteiger partial charge in [0.15, 0.2) is 10.9 Å². The Morgan fingerprint density at radius 3 is 2.50 bits per heavy atom. The molecule has 0 aliphatic carbocycles. The standard InChI is InChI=1S/C24H21Br2ClN4O4S/c1-34-21-16(11-14(25)12-17(21)26)22(32)29-24(36)28-15-4-5-19(18(27)13-15)30-6-8-31(9-7-30)23(33)20-3-2-10-35-20/h2-5,10-13H,6-9H2,1H3,(H2,28,29,32,36). The molecule has 1 fully saturated rings. The molecule has 12 heteroatoms. The van der Waals surface area contributed by atoms with Crippen LogP contribution in [0.3, 0.4) is 0 Å². The SMILES string of the molecule is COc1c(Br)cc(Br)cc1C(=O)NC(=S)Nc1ccc(N2CCN(C(=O)c3ccco3)CC2)c(Cl)c1. The Hall–Kier alpha value is -2.60. The van der Waals surface area contributed by atoms with Crippen LogP contribution in [0.15, 0.2) is 62.1 Å². The lowest BCUT2D eigenvalue weighted by Crippen LogP contribution is -2.48. The van der Waals surface area contributed by atoms with Gasteiger partial charge in [0, 0.05) is 36.3 Å². The molecule has 1 aromatic heterocycles. The molecule has 2 N–H and O–H groups in total. The maximum atomic E-state index is 12.8. The minimum absolute atomic E-state index is 0.117. The zero-order valence-corrected chi connectivity index (χ0v) is 23.8. The fraction of sp³-hybridized carbons (Fsp3) is 0.208. The zero-order valence-electron chi connectivity index (χ0n) is 19.0. The van der Waals surface area contributed by atoms with Crippen molar-refractivity contribution < 1.29 is 18.7 Å². The number of methoxy groups -OCH3 is 1. The molecule has 1 aliphatic heterocycles. The number of rotatable bonds is 5. The summed E-state index contributed by atoms with van der Waals surface area (Å²) in [7, 11) is 1.49.